The monoisotopic (exact) mass is 323 g/mol. The average Bonchev–Trinajstić information content (AvgIpc) is 3.14. The van der Waals surface area contributed by atoms with E-state index in [1.807, 2.05) is 6.08 Å². The topological polar surface area (TPSA) is 75.6 Å². The number of nitrogens with one attached hydrogen (secondary N) is 1. The molecule has 0 spiro atoms. The van der Waals surface area contributed by atoms with Gasteiger partial charge in [0.15, 0.2) is 0 Å². The number of carbonyl (C=O) groups excluding carboxylic acids is 1. The number of carboxylic acid groups (broad SMARTS) is 1. The van der Waals surface area contributed by atoms with Crippen molar-refractivity contribution in [3.05, 3.63) is 12.2 Å². The van der Waals surface area contributed by atoms with E-state index in [-0.39, 0.29) is 12.0 Å². The average molecular weight is 323 g/mol. The van der Waals surface area contributed by atoms with E-state index in [9.17, 15) is 14.7 Å². The molecule has 2 aliphatic rings. The van der Waals surface area contributed by atoms with E-state index in [4.69, 9.17) is 4.74 Å². The van der Waals surface area contributed by atoms with Gasteiger partial charge in [-0.05, 0) is 6.42 Å². The number of amides is 1. The molecule has 130 valence electrons. The standard InChI is InChI=1S/C18H29NO4/c1-2-3-4-5-6-7-8-9-12-19-17(20)15-13-10-11-14(23-13)16(15)18(21)22/h10-11,13-16H,2-9,12H2,1H3,(H,19,20)(H,21,22)/t13-,14-,15+,16-/m1/s1. The van der Waals surface area contributed by atoms with E-state index >= 15 is 0 Å². The Morgan fingerprint density at radius 2 is 1.52 bits per heavy atom. The third-order valence-electron chi connectivity index (χ3n) is 4.82. The number of unbranched alkanes of at least 4 members (excludes halogenated alkanes) is 7. The van der Waals surface area contributed by atoms with Crippen LogP contribution >= 0.6 is 0 Å². The predicted molar refractivity (Wildman–Crippen MR) is 88.0 cm³/mol. The molecular formula is C18H29NO4. The fourth-order valence-corrected chi connectivity index (χ4v) is 3.50. The molecule has 2 bridgehead atoms. The van der Waals surface area contributed by atoms with Crippen LogP contribution in [0.15, 0.2) is 12.2 Å². The fourth-order valence-electron chi connectivity index (χ4n) is 3.50. The number of rotatable bonds is 11. The zero-order valence-corrected chi connectivity index (χ0v) is 14.0. The van der Waals surface area contributed by atoms with Crippen LogP contribution in [0.1, 0.15) is 58.3 Å². The minimum absolute atomic E-state index is 0.183. The first-order valence-corrected chi connectivity index (χ1v) is 8.99. The van der Waals surface area contributed by atoms with Crippen molar-refractivity contribution in [1.82, 2.24) is 5.32 Å². The number of ether oxygens (including phenoxy) is 1. The Hall–Kier alpha value is -1.36. The van der Waals surface area contributed by atoms with Gasteiger partial charge in [0.1, 0.15) is 5.92 Å². The van der Waals surface area contributed by atoms with Gasteiger partial charge in [-0.2, -0.15) is 0 Å². The molecule has 0 saturated carbocycles. The summed E-state index contributed by atoms with van der Waals surface area (Å²) in [5, 5.41) is 12.2. The molecule has 1 saturated heterocycles. The molecule has 1 fully saturated rings. The second kappa shape index (κ2) is 9.06. The second-order valence-corrected chi connectivity index (χ2v) is 6.61. The predicted octanol–water partition coefficient (Wildman–Crippen LogP) is 2.90. The lowest BCUT2D eigenvalue weighted by Gasteiger charge is -2.20. The van der Waals surface area contributed by atoms with Crippen molar-refractivity contribution < 1.29 is 19.4 Å². The van der Waals surface area contributed by atoms with Crippen molar-refractivity contribution in [3.63, 3.8) is 0 Å². The summed E-state index contributed by atoms with van der Waals surface area (Å²) in [5.41, 5.74) is 0. The lowest BCUT2D eigenvalue weighted by Crippen LogP contribution is -2.42. The smallest absolute Gasteiger partial charge is 0.310 e. The van der Waals surface area contributed by atoms with Crippen LogP contribution in [0, 0.1) is 11.8 Å². The Morgan fingerprint density at radius 3 is 2.13 bits per heavy atom. The normalized spacial score (nSPS) is 28.2. The first-order chi connectivity index (χ1) is 11.1. The number of hydrogen-bond donors (Lipinski definition) is 2. The first-order valence-electron chi connectivity index (χ1n) is 8.99. The van der Waals surface area contributed by atoms with Crippen LogP contribution in [0.3, 0.4) is 0 Å². The summed E-state index contributed by atoms with van der Waals surface area (Å²) in [6.07, 6.45) is 12.5. The van der Waals surface area contributed by atoms with Gasteiger partial charge >= 0.3 is 5.97 Å². The van der Waals surface area contributed by atoms with Crippen LogP contribution < -0.4 is 5.32 Å². The Balaban J connectivity index is 1.60. The van der Waals surface area contributed by atoms with Crippen molar-refractivity contribution >= 4 is 11.9 Å². The van der Waals surface area contributed by atoms with E-state index in [2.05, 4.69) is 12.2 Å². The van der Waals surface area contributed by atoms with Gasteiger partial charge in [0.25, 0.3) is 0 Å². The highest BCUT2D eigenvalue weighted by Gasteiger charge is 2.53. The van der Waals surface area contributed by atoms with Crippen molar-refractivity contribution in [3.8, 4) is 0 Å². The van der Waals surface area contributed by atoms with Gasteiger partial charge in [-0.25, -0.2) is 0 Å². The van der Waals surface area contributed by atoms with Crippen molar-refractivity contribution in [2.24, 2.45) is 11.8 Å². The lowest BCUT2D eigenvalue weighted by atomic mass is 9.82. The van der Waals surface area contributed by atoms with Gasteiger partial charge in [0.05, 0.1) is 18.1 Å². The molecule has 2 N–H and O–H groups in total. The number of carbonyl (C=O) groups is 2. The summed E-state index contributed by atoms with van der Waals surface area (Å²) in [6, 6.07) is 0. The minimum atomic E-state index is -0.950. The first kappa shape index (κ1) is 18.0. The number of carboxylic acids is 1. The zero-order chi connectivity index (χ0) is 16.7. The Morgan fingerprint density at radius 1 is 0.957 bits per heavy atom. The number of aliphatic carboxylic acids is 1. The number of fused-ring (bicyclic) bond motifs is 2. The molecular weight excluding hydrogens is 294 g/mol. The molecule has 2 rings (SSSR count). The quantitative estimate of drug-likeness (QED) is 0.453. The van der Waals surface area contributed by atoms with Crippen LogP contribution in [-0.4, -0.2) is 35.7 Å². The Bertz CT molecular complexity index is 435. The maximum atomic E-state index is 12.3. The minimum Gasteiger partial charge on any atom is -0.481 e. The van der Waals surface area contributed by atoms with Gasteiger partial charge < -0.3 is 15.2 Å². The van der Waals surface area contributed by atoms with E-state index in [1.165, 1.54) is 38.5 Å². The molecule has 0 unspecified atom stereocenters. The lowest BCUT2D eigenvalue weighted by molar-refractivity contribution is -0.146. The molecule has 0 aromatic rings. The van der Waals surface area contributed by atoms with Crippen LogP contribution in [0.4, 0.5) is 0 Å². The highest BCUT2D eigenvalue weighted by atomic mass is 16.5. The molecule has 0 aromatic carbocycles. The highest BCUT2D eigenvalue weighted by Crippen LogP contribution is 2.39. The molecule has 0 aromatic heterocycles. The van der Waals surface area contributed by atoms with Crippen LogP contribution in [0.2, 0.25) is 0 Å². The largest absolute Gasteiger partial charge is 0.481 e. The molecule has 2 heterocycles. The summed E-state index contributed by atoms with van der Waals surface area (Å²) < 4.78 is 5.52. The maximum absolute atomic E-state index is 12.3. The van der Waals surface area contributed by atoms with E-state index in [0.717, 1.165) is 12.8 Å². The Kier molecular flexibility index (Phi) is 7.09. The molecule has 23 heavy (non-hydrogen) atoms. The molecule has 5 heteroatoms. The summed E-state index contributed by atoms with van der Waals surface area (Å²) in [7, 11) is 0. The van der Waals surface area contributed by atoms with E-state index in [0.29, 0.717) is 6.54 Å². The van der Waals surface area contributed by atoms with Crippen LogP contribution in [0.5, 0.6) is 0 Å². The fraction of sp³-hybridized carbons (Fsp3) is 0.778. The Labute approximate surface area is 138 Å². The van der Waals surface area contributed by atoms with Gasteiger partial charge in [-0.1, -0.05) is 64.0 Å². The maximum Gasteiger partial charge on any atom is 0.310 e. The molecule has 2 aliphatic heterocycles. The van der Waals surface area contributed by atoms with E-state index < -0.39 is 23.9 Å². The molecule has 4 atom stereocenters. The summed E-state index contributed by atoms with van der Waals surface area (Å²) in [6.45, 7) is 2.84. The third kappa shape index (κ3) is 4.80. The molecule has 0 radical (unpaired) electrons. The highest BCUT2D eigenvalue weighted by molar-refractivity contribution is 5.87. The molecule has 1 amide bonds. The summed E-state index contributed by atoms with van der Waals surface area (Å²) in [5.74, 6) is -2.47. The molecule has 0 aliphatic carbocycles. The van der Waals surface area contributed by atoms with Crippen LogP contribution in [-0.2, 0) is 14.3 Å². The van der Waals surface area contributed by atoms with E-state index in [1.54, 1.807) is 6.08 Å². The summed E-state index contributed by atoms with van der Waals surface area (Å²) in [4.78, 5) is 23.6. The molecule has 5 nitrogen and oxygen atoms in total. The third-order valence-corrected chi connectivity index (χ3v) is 4.82. The van der Waals surface area contributed by atoms with Crippen molar-refractivity contribution in [1.29, 1.82) is 0 Å². The van der Waals surface area contributed by atoms with Crippen molar-refractivity contribution in [2.75, 3.05) is 6.54 Å². The van der Waals surface area contributed by atoms with Crippen molar-refractivity contribution in [2.45, 2.75) is 70.5 Å². The van der Waals surface area contributed by atoms with Crippen LogP contribution in [0.25, 0.3) is 0 Å². The summed E-state index contributed by atoms with van der Waals surface area (Å²) >= 11 is 0. The number of hydrogen-bond acceptors (Lipinski definition) is 3. The zero-order valence-electron chi connectivity index (χ0n) is 14.0. The van der Waals surface area contributed by atoms with Gasteiger partial charge in [0, 0.05) is 6.54 Å². The SMILES string of the molecule is CCCCCCCCCCNC(=O)[C@@H]1[C@H](C(=O)O)[C@H]2C=C[C@H]1O2. The van der Waals surface area contributed by atoms with Gasteiger partial charge in [-0.15, -0.1) is 0 Å². The van der Waals surface area contributed by atoms with Gasteiger partial charge in [-0.3, -0.25) is 9.59 Å². The van der Waals surface area contributed by atoms with Gasteiger partial charge in [0.2, 0.25) is 5.91 Å². The second-order valence-electron chi connectivity index (χ2n) is 6.61.